The summed E-state index contributed by atoms with van der Waals surface area (Å²) >= 11 is 0. The van der Waals surface area contributed by atoms with Crippen molar-refractivity contribution in [1.29, 1.82) is 0 Å². The van der Waals surface area contributed by atoms with Crippen LogP contribution in [0.4, 0.5) is 22.0 Å². The Balaban J connectivity index is 1.27. The Bertz CT molecular complexity index is 1160. The molecule has 4 rings (SSSR count). The number of ether oxygens (including phenoxy) is 2. The summed E-state index contributed by atoms with van der Waals surface area (Å²) in [5.41, 5.74) is 3.86. The molecule has 0 spiro atoms. The van der Waals surface area contributed by atoms with Gasteiger partial charge in [0.25, 0.3) is 0 Å². The molecule has 2 amide bonds. The highest BCUT2D eigenvalue weighted by atomic mass is 16.5. The fraction of sp³-hybridized carbons (Fsp3) is 0.370. The third-order valence-electron chi connectivity index (χ3n) is 6.18. The van der Waals surface area contributed by atoms with Crippen LogP contribution in [0.5, 0.6) is 11.6 Å². The van der Waals surface area contributed by atoms with Crippen molar-refractivity contribution in [2.75, 3.05) is 69.4 Å². The zero-order valence-corrected chi connectivity index (χ0v) is 21.7. The second kappa shape index (κ2) is 13.0. The molecule has 0 atom stereocenters. The first-order valence-corrected chi connectivity index (χ1v) is 12.4. The SMILES string of the molecule is COCCNc1cc(Oc2ccc(NC(=O)Nc3ccc(CN4CCN(C)CC4)c(C)c3)cc2)ncn1. The van der Waals surface area contributed by atoms with Gasteiger partial charge in [-0.15, -0.1) is 0 Å². The zero-order valence-electron chi connectivity index (χ0n) is 21.7. The molecule has 0 saturated carbocycles. The summed E-state index contributed by atoms with van der Waals surface area (Å²) in [4.78, 5) is 25.7. The quantitative estimate of drug-likeness (QED) is 0.355. The lowest BCUT2D eigenvalue weighted by Gasteiger charge is -2.32. The van der Waals surface area contributed by atoms with Gasteiger partial charge in [-0.3, -0.25) is 4.90 Å². The number of nitrogens with zero attached hydrogens (tertiary/aromatic N) is 4. The number of piperazine rings is 1. The Hall–Kier alpha value is -3.73. The van der Waals surface area contributed by atoms with Gasteiger partial charge in [-0.1, -0.05) is 6.07 Å². The minimum Gasteiger partial charge on any atom is -0.439 e. The van der Waals surface area contributed by atoms with Crippen LogP contribution in [0.15, 0.2) is 54.9 Å². The molecule has 2 heterocycles. The summed E-state index contributed by atoms with van der Waals surface area (Å²) in [5.74, 6) is 1.67. The molecule has 1 fully saturated rings. The van der Waals surface area contributed by atoms with Gasteiger partial charge in [0.2, 0.25) is 5.88 Å². The predicted molar refractivity (Wildman–Crippen MR) is 146 cm³/mol. The molecule has 2 aromatic carbocycles. The summed E-state index contributed by atoms with van der Waals surface area (Å²) in [7, 11) is 3.81. The van der Waals surface area contributed by atoms with Crippen molar-refractivity contribution >= 4 is 23.2 Å². The van der Waals surface area contributed by atoms with Crippen LogP contribution < -0.4 is 20.7 Å². The lowest BCUT2D eigenvalue weighted by Crippen LogP contribution is -2.43. The number of urea groups is 1. The number of hydrogen-bond acceptors (Lipinski definition) is 8. The highest BCUT2D eigenvalue weighted by Crippen LogP contribution is 2.23. The largest absolute Gasteiger partial charge is 0.439 e. The summed E-state index contributed by atoms with van der Waals surface area (Å²) in [5, 5.41) is 8.91. The van der Waals surface area contributed by atoms with E-state index in [2.05, 4.69) is 55.8 Å². The average Bonchev–Trinajstić information content (AvgIpc) is 2.88. The van der Waals surface area contributed by atoms with E-state index in [1.807, 2.05) is 12.1 Å². The molecule has 1 aromatic heterocycles. The molecule has 0 bridgehead atoms. The third kappa shape index (κ3) is 8.14. The number of carbonyl (C=O) groups excluding carboxylic acids is 1. The van der Waals surface area contributed by atoms with Crippen molar-refractivity contribution < 1.29 is 14.3 Å². The van der Waals surface area contributed by atoms with Crippen molar-refractivity contribution in [3.63, 3.8) is 0 Å². The molecule has 1 aliphatic heterocycles. The Kier molecular flexibility index (Phi) is 9.25. The van der Waals surface area contributed by atoms with E-state index < -0.39 is 0 Å². The number of aryl methyl sites for hydroxylation is 1. The lowest BCUT2D eigenvalue weighted by atomic mass is 10.1. The third-order valence-corrected chi connectivity index (χ3v) is 6.18. The van der Waals surface area contributed by atoms with Gasteiger partial charge in [0, 0.05) is 63.8 Å². The minimum absolute atomic E-state index is 0.303. The molecule has 196 valence electrons. The number of hydrogen-bond donors (Lipinski definition) is 3. The van der Waals surface area contributed by atoms with Crippen LogP contribution in [0, 0.1) is 6.92 Å². The van der Waals surface area contributed by atoms with Crippen LogP contribution >= 0.6 is 0 Å². The van der Waals surface area contributed by atoms with E-state index in [9.17, 15) is 4.79 Å². The molecule has 3 aromatic rings. The van der Waals surface area contributed by atoms with Crippen LogP contribution in [0.25, 0.3) is 0 Å². The van der Waals surface area contributed by atoms with Crippen molar-refractivity contribution in [3.05, 3.63) is 66.0 Å². The van der Waals surface area contributed by atoms with E-state index in [0.29, 0.717) is 36.3 Å². The first kappa shape index (κ1) is 26.3. The highest BCUT2D eigenvalue weighted by molar-refractivity contribution is 5.99. The summed E-state index contributed by atoms with van der Waals surface area (Å²) in [6.07, 6.45) is 1.44. The average molecular weight is 506 g/mol. The van der Waals surface area contributed by atoms with E-state index in [4.69, 9.17) is 9.47 Å². The standard InChI is InChI=1S/C27H35N7O3/c1-20-16-23(5-4-21(20)18-34-13-11-33(2)12-14-34)32-27(35)31-22-6-8-24(9-7-22)37-26-17-25(29-19-30-26)28-10-15-36-3/h4-9,16-17,19H,10-15,18H2,1-3H3,(H,28,29,30)(H2,31,32,35). The molecule has 1 saturated heterocycles. The molecule has 10 nitrogen and oxygen atoms in total. The van der Waals surface area contributed by atoms with Gasteiger partial charge >= 0.3 is 6.03 Å². The lowest BCUT2D eigenvalue weighted by molar-refractivity contribution is 0.148. The van der Waals surface area contributed by atoms with E-state index in [1.165, 1.54) is 17.5 Å². The first-order valence-electron chi connectivity index (χ1n) is 12.4. The molecule has 0 aliphatic carbocycles. The zero-order chi connectivity index (χ0) is 26.0. The predicted octanol–water partition coefficient (Wildman–Crippen LogP) is 4.03. The van der Waals surface area contributed by atoms with E-state index in [1.54, 1.807) is 37.4 Å². The van der Waals surface area contributed by atoms with Crippen LogP contribution in [0.1, 0.15) is 11.1 Å². The Labute approximate surface area is 218 Å². The van der Waals surface area contributed by atoms with E-state index in [-0.39, 0.29) is 6.03 Å². The van der Waals surface area contributed by atoms with Gasteiger partial charge in [-0.25, -0.2) is 14.8 Å². The van der Waals surface area contributed by atoms with E-state index >= 15 is 0 Å². The number of rotatable bonds is 10. The van der Waals surface area contributed by atoms with Gasteiger partial charge in [-0.2, -0.15) is 0 Å². The number of amides is 2. The summed E-state index contributed by atoms with van der Waals surface area (Å²) < 4.78 is 10.8. The second-order valence-corrected chi connectivity index (χ2v) is 9.09. The van der Waals surface area contributed by atoms with Crippen molar-refractivity contribution in [2.24, 2.45) is 0 Å². The Morgan fingerprint density at radius 1 is 0.973 bits per heavy atom. The second-order valence-electron chi connectivity index (χ2n) is 9.09. The number of anilines is 3. The maximum atomic E-state index is 12.5. The molecule has 0 radical (unpaired) electrons. The number of carbonyl (C=O) groups is 1. The van der Waals surface area contributed by atoms with E-state index in [0.717, 1.165) is 38.4 Å². The monoisotopic (exact) mass is 505 g/mol. The van der Waals surface area contributed by atoms with Crippen molar-refractivity contribution in [2.45, 2.75) is 13.5 Å². The van der Waals surface area contributed by atoms with Crippen LogP contribution in [0.3, 0.4) is 0 Å². The number of aromatic nitrogens is 2. The number of benzene rings is 2. The van der Waals surface area contributed by atoms with Crippen molar-refractivity contribution in [3.8, 4) is 11.6 Å². The molecule has 37 heavy (non-hydrogen) atoms. The molecule has 10 heteroatoms. The summed E-state index contributed by atoms with van der Waals surface area (Å²) in [6, 6.07) is 14.6. The van der Waals surface area contributed by atoms with Gasteiger partial charge in [0.05, 0.1) is 6.61 Å². The van der Waals surface area contributed by atoms with Crippen LogP contribution in [-0.2, 0) is 11.3 Å². The molecular weight excluding hydrogens is 470 g/mol. The van der Waals surface area contributed by atoms with Gasteiger partial charge < -0.3 is 30.3 Å². The molecule has 0 unspecified atom stereocenters. The summed E-state index contributed by atoms with van der Waals surface area (Å²) in [6.45, 7) is 8.58. The number of nitrogens with one attached hydrogen (secondary N) is 3. The van der Waals surface area contributed by atoms with Crippen molar-refractivity contribution in [1.82, 2.24) is 19.8 Å². The van der Waals surface area contributed by atoms with Gasteiger partial charge in [-0.05, 0) is 61.5 Å². The van der Waals surface area contributed by atoms with Crippen LogP contribution in [0.2, 0.25) is 0 Å². The Morgan fingerprint density at radius 2 is 1.70 bits per heavy atom. The van der Waals surface area contributed by atoms with Gasteiger partial charge in [0.1, 0.15) is 17.9 Å². The normalized spacial score (nSPS) is 14.2. The number of likely N-dealkylation sites (N-methyl/N-ethyl adjacent to an activating group) is 1. The Morgan fingerprint density at radius 3 is 2.43 bits per heavy atom. The smallest absolute Gasteiger partial charge is 0.323 e. The molecule has 3 N–H and O–H groups in total. The first-order chi connectivity index (χ1) is 18.0. The number of methoxy groups -OCH3 is 1. The fourth-order valence-corrected chi connectivity index (χ4v) is 3.99. The molecule has 1 aliphatic rings. The fourth-order valence-electron chi connectivity index (χ4n) is 3.99. The highest BCUT2D eigenvalue weighted by Gasteiger charge is 2.15. The van der Waals surface area contributed by atoms with Crippen LogP contribution in [-0.4, -0.2) is 79.3 Å². The maximum absolute atomic E-state index is 12.5. The topological polar surface area (TPSA) is 104 Å². The van der Waals surface area contributed by atoms with Gasteiger partial charge in [0.15, 0.2) is 0 Å². The molecular formula is C27H35N7O3. The minimum atomic E-state index is -0.303. The maximum Gasteiger partial charge on any atom is 0.323 e.